The molecule has 3 nitrogen and oxygen atoms in total. The van der Waals surface area contributed by atoms with Gasteiger partial charge in [-0.1, -0.05) is 17.7 Å². The van der Waals surface area contributed by atoms with Gasteiger partial charge in [0.25, 0.3) is 0 Å². The molecule has 28 heavy (non-hydrogen) atoms. The van der Waals surface area contributed by atoms with Crippen LogP contribution in [0.1, 0.15) is 31.9 Å². The standard InChI is InChI=1S/C25H28N3/c1-6-27(7-2)24-16-25-22(15-19(24)5)26-21-14-18(4)10-13-23(21)28(25)20-11-8-17(3)9-12-20/h8-13,15-16,26H,6-7H2,1-5H3/q+1. The van der Waals surface area contributed by atoms with E-state index in [1.807, 2.05) is 0 Å². The molecule has 0 amide bonds. The van der Waals surface area contributed by atoms with Crippen molar-refractivity contribution in [2.45, 2.75) is 34.6 Å². The summed E-state index contributed by atoms with van der Waals surface area (Å²) in [5, 5.41) is 3.62. The second kappa shape index (κ2) is 7.18. The number of fused-ring (bicyclic) bond motifs is 1. The Morgan fingerprint density at radius 2 is 1.68 bits per heavy atom. The Labute approximate surface area is 168 Å². The number of rotatable bonds is 4. The van der Waals surface area contributed by atoms with Crippen LogP contribution in [-0.2, 0) is 0 Å². The van der Waals surface area contributed by atoms with E-state index >= 15 is 0 Å². The highest BCUT2D eigenvalue weighted by Crippen LogP contribution is 2.45. The molecule has 0 bridgehead atoms. The lowest BCUT2D eigenvalue weighted by Crippen LogP contribution is -2.28. The summed E-state index contributed by atoms with van der Waals surface area (Å²) in [6, 6.07) is 13.3. The van der Waals surface area contributed by atoms with Gasteiger partial charge in [0.1, 0.15) is 5.57 Å². The molecule has 2 aliphatic rings. The largest absolute Gasteiger partial charge is 0.372 e. The fourth-order valence-electron chi connectivity index (χ4n) is 3.98. The maximum Gasteiger partial charge on any atom is 0.232 e. The average Bonchev–Trinajstić information content (AvgIpc) is 2.68. The summed E-state index contributed by atoms with van der Waals surface area (Å²) >= 11 is 0. The molecule has 2 aromatic carbocycles. The van der Waals surface area contributed by atoms with Crippen molar-refractivity contribution in [3.8, 4) is 0 Å². The molecule has 0 unspecified atom stereocenters. The summed E-state index contributed by atoms with van der Waals surface area (Å²) in [6.07, 6.45) is 7.82. The van der Waals surface area contributed by atoms with E-state index in [2.05, 4.69) is 104 Å². The van der Waals surface area contributed by atoms with Crippen LogP contribution in [0.25, 0.3) is 0 Å². The number of allylic oxidation sites excluding steroid dienone is 4. The molecular weight excluding hydrogens is 342 g/mol. The number of hydrogen-bond acceptors (Lipinski definition) is 3. The minimum atomic E-state index is 0.998. The normalized spacial score (nSPS) is 14.8. The molecule has 0 saturated heterocycles. The maximum atomic E-state index is 3.62. The van der Waals surface area contributed by atoms with Crippen LogP contribution in [0.4, 0.5) is 22.7 Å². The molecule has 3 heteroatoms. The van der Waals surface area contributed by atoms with Crippen LogP contribution in [0.5, 0.6) is 0 Å². The molecule has 1 aliphatic carbocycles. The van der Waals surface area contributed by atoms with Crippen molar-refractivity contribution < 1.29 is 0 Å². The van der Waals surface area contributed by atoms with E-state index in [-0.39, 0.29) is 0 Å². The van der Waals surface area contributed by atoms with E-state index in [1.54, 1.807) is 0 Å². The number of hydrogen-bond donors (Lipinski definition) is 1. The SMILES string of the molecule is CCN(CC)c1cc2c(cc1C)NC1=C(C=CC(C)=[C+]1)N2c1ccc(C)cc1. The predicted octanol–water partition coefficient (Wildman–Crippen LogP) is 6.24. The van der Waals surface area contributed by atoms with Crippen LogP contribution in [0, 0.1) is 19.9 Å². The molecule has 0 atom stereocenters. The van der Waals surface area contributed by atoms with Crippen LogP contribution in [0.3, 0.4) is 0 Å². The van der Waals surface area contributed by atoms with Gasteiger partial charge in [-0.05, 0) is 64.4 Å². The van der Waals surface area contributed by atoms with E-state index in [4.69, 9.17) is 0 Å². The molecule has 2 aromatic rings. The molecule has 0 fully saturated rings. The van der Waals surface area contributed by atoms with Gasteiger partial charge in [0, 0.05) is 18.8 Å². The van der Waals surface area contributed by atoms with E-state index in [0.717, 1.165) is 35.7 Å². The quantitative estimate of drug-likeness (QED) is 0.642. The first-order valence-electron chi connectivity index (χ1n) is 10.1. The molecule has 1 heterocycles. The highest BCUT2D eigenvalue weighted by molar-refractivity contribution is 5.89. The number of anilines is 4. The smallest absolute Gasteiger partial charge is 0.232 e. The van der Waals surface area contributed by atoms with Gasteiger partial charge >= 0.3 is 0 Å². The first-order valence-corrected chi connectivity index (χ1v) is 10.1. The van der Waals surface area contributed by atoms with E-state index in [0.29, 0.717) is 0 Å². The van der Waals surface area contributed by atoms with E-state index in [9.17, 15) is 0 Å². The van der Waals surface area contributed by atoms with E-state index in [1.165, 1.54) is 28.2 Å². The molecule has 4 rings (SSSR count). The van der Waals surface area contributed by atoms with Crippen molar-refractivity contribution in [3.63, 3.8) is 0 Å². The van der Waals surface area contributed by atoms with Crippen LogP contribution in [-0.4, -0.2) is 13.1 Å². The van der Waals surface area contributed by atoms with Crippen LogP contribution in [0.15, 0.2) is 65.5 Å². The minimum Gasteiger partial charge on any atom is -0.372 e. The second-order valence-corrected chi connectivity index (χ2v) is 7.53. The van der Waals surface area contributed by atoms with Gasteiger partial charge in [0.15, 0.2) is 5.70 Å². The zero-order valence-corrected chi connectivity index (χ0v) is 17.4. The Bertz CT molecular complexity index is 989. The lowest BCUT2D eigenvalue weighted by Gasteiger charge is -2.33. The zero-order chi connectivity index (χ0) is 19.8. The Kier molecular flexibility index (Phi) is 4.70. The predicted molar refractivity (Wildman–Crippen MR) is 120 cm³/mol. The third-order valence-electron chi connectivity index (χ3n) is 5.52. The molecule has 1 N–H and O–H groups in total. The molecule has 0 aromatic heterocycles. The van der Waals surface area contributed by atoms with Crippen molar-refractivity contribution >= 4 is 22.7 Å². The van der Waals surface area contributed by atoms with Gasteiger partial charge < -0.3 is 10.2 Å². The summed E-state index contributed by atoms with van der Waals surface area (Å²) < 4.78 is 0. The molecule has 142 valence electrons. The Hall–Kier alpha value is -3.03. The summed E-state index contributed by atoms with van der Waals surface area (Å²) in [6.45, 7) is 12.8. The lowest BCUT2D eigenvalue weighted by atomic mass is 10.0. The Morgan fingerprint density at radius 1 is 0.964 bits per heavy atom. The Balaban J connectivity index is 1.93. The molecular formula is C25H28N3+. The topological polar surface area (TPSA) is 18.5 Å². The summed E-state index contributed by atoms with van der Waals surface area (Å²) in [5.74, 6) is 0. The van der Waals surface area contributed by atoms with Crippen molar-refractivity contribution in [3.05, 3.63) is 82.7 Å². The van der Waals surface area contributed by atoms with Crippen LogP contribution < -0.4 is 15.1 Å². The number of aryl methyl sites for hydroxylation is 2. The van der Waals surface area contributed by atoms with Gasteiger partial charge in [-0.3, -0.25) is 4.90 Å². The molecule has 0 spiro atoms. The van der Waals surface area contributed by atoms with Crippen LogP contribution in [0.2, 0.25) is 0 Å². The zero-order valence-electron chi connectivity index (χ0n) is 17.4. The van der Waals surface area contributed by atoms with Gasteiger partial charge in [0.05, 0.1) is 35.3 Å². The molecule has 0 radical (unpaired) electrons. The Morgan fingerprint density at radius 3 is 2.36 bits per heavy atom. The monoisotopic (exact) mass is 370 g/mol. The highest BCUT2D eigenvalue weighted by atomic mass is 15.2. The summed E-state index contributed by atoms with van der Waals surface area (Å²) in [7, 11) is 0. The first-order chi connectivity index (χ1) is 13.5. The van der Waals surface area contributed by atoms with E-state index < -0.39 is 0 Å². The molecule has 0 saturated carbocycles. The van der Waals surface area contributed by atoms with Gasteiger partial charge in [-0.15, -0.1) is 0 Å². The third-order valence-corrected chi connectivity index (χ3v) is 5.52. The lowest BCUT2D eigenvalue weighted by molar-refractivity contribution is 0.861. The molecule has 1 aliphatic heterocycles. The second-order valence-electron chi connectivity index (χ2n) is 7.53. The number of nitrogens with one attached hydrogen (secondary N) is 1. The van der Waals surface area contributed by atoms with Gasteiger partial charge in [0.2, 0.25) is 5.70 Å². The van der Waals surface area contributed by atoms with Gasteiger partial charge in [-0.25, -0.2) is 0 Å². The average molecular weight is 371 g/mol. The number of nitrogens with zero attached hydrogens (tertiary/aromatic N) is 2. The summed E-state index contributed by atoms with van der Waals surface area (Å²) in [4.78, 5) is 4.77. The third kappa shape index (κ3) is 3.08. The van der Waals surface area contributed by atoms with Crippen molar-refractivity contribution in [2.75, 3.05) is 28.2 Å². The maximum absolute atomic E-state index is 3.62. The van der Waals surface area contributed by atoms with Crippen molar-refractivity contribution in [2.24, 2.45) is 0 Å². The van der Waals surface area contributed by atoms with Crippen molar-refractivity contribution in [1.29, 1.82) is 0 Å². The highest BCUT2D eigenvalue weighted by Gasteiger charge is 2.33. The first kappa shape index (κ1) is 18.3. The van der Waals surface area contributed by atoms with Crippen LogP contribution >= 0.6 is 0 Å². The van der Waals surface area contributed by atoms with Gasteiger partial charge in [-0.2, -0.15) is 0 Å². The number of benzene rings is 2. The van der Waals surface area contributed by atoms with Crippen molar-refractivity contribution in [1.82, 2.24) is 0 Å². The minimum absolute atomic E-state index is 0.998. The fourth-order valence-corrected chi connectivity index (χ4v) is 3.98. The summed E-state index contributed by atoms with van der Waals surface area (Å²) in [5.41, 5.74) is 10.6. The fraction of sp³-hybridized carbons (Fsp3) is 0.280.